The Morgan fingerprint density at radius 3 is 2.60 bits per heavy atom. The molecule has 0 aliphatic rings. The first-order valence-electron chi connectivity index (χ1n) is 4.75. The maximum Gasteiger partial charge on any atom is 0.234 e. The minimum absolute atomic E-state index is 0.484. The Labute approximate surface area is 92.8 Å². The molecule has 0 saturated carbocycles. The number of benzene rings is 1. The van der Waals surface area contributed by atoms with Crippen molar-refractivity contribution < 1.29 is 8.76 Å². The number of rotatable bonds is 6. The number of hydrogen-bond acceptors (Lipinski definition) is 1. The zero-order chi connectivity index (χ0) is 11.1. The van der Waals surface area contributed by atoms with Crippen LogP contribution in [0.4, 0.5) is 0 Å². The molecule has 82 valence electrons. The molecule has 0 bridgehead atoms. The van der Waals surface area contributed by atoms with Gasteiger partial charge in [-0.2, -0.15) is 4.31 Å². The highest BCUT2D eigenvalue weighted by Crippen LogP contribution is 2.06. The standard InChI is InChI=1S/C11H15NO2S/c1-2-3-9-12(15(13)14)10-11-7-5-4-6-8-11/h2,4-8H,1,3,9-10H2,(H,13,14). The van der Waals surface area contributed by atoms with Crippen LogP contribution in [-0.2, 0) is 17.8 Å². The molecule has 0 spiro atoms. The molecule has 1 aromatic rings. The van der Waals surface area contributed by atoms with Gasteiger partial charge in [0.1, 0.15) is 0 Å². The van der Waals surface area contributed by atoms with Gasteiger partial charge in [-0.1, -0.05) is 36.4 Å². The van der Waals surface area contributed by atoms with Gasteiger partial charge in [0.15, 0.2) is 0 Å². The summed E-state index contributed by atoms with van der Waals surface area (Å²) in [5.74, 6) is 0. The van der Waals surface area contributed by atoms with Crippen LogP contribution in [0.15, 0.2) is 43.0 Å². The van der Waals surface area contributed by atoms with Crippen LogP contribution >= 0.6 is 0 Å². The van der Waals surface area contributed by atoms with E-state index in [0.29, 0.717) is 19.5 Å². The van der Waals surface area contributed by atoms with Gasteiger partial charge in [0, 0.05) is 13.1 Å². The third-order valence-corrected chi connectivity index (χ3v) is 2.76. The molecule has 1 rings (SSSR count). The summed E-state index contributed by atoms with van der Waals surface area (Å²) in [4.78, 5) is 0. The molecular weight excluding hydrogens is 210 g/mol. The van der Waals surface area contributed by atoms with Gasteiger partial charge in [0.25, 0.3) is 0 Å². The van der Waals surface area contributed by atoms with Gasteiger partial charge < -0.3 is 0 Å². The third kappa shape index (κ3) is 4.38. The van der Waals surface area contributed by atoms with E-state index in [-0.39, 0.29) is 0 Å². The van der Waals surface area contributed by atoms with Crippen molar-refractivity contribution in [3.8, 4) is 0 Å². The fourth-order valence-electron chi connectivity index (χ4n) is 1.23. The Morgan fingerprint density at radius 1 is 1.40 bits per heavy atom. The normalized spacial score (nSPS) is 12.7. The van der Waals surface area contributed by atoms with E-state index in [0.717, 1.165) is 5.56 Å². The lowest BCUT2D eigenvalue weighted by Crippen LogP contribution is -2.25. The SMILES string of the molecule is C=CCCN(Cc1ccccc1)S(=O)O. The van der Waals surface area contributed by atoms with Crippen molar-refractivity contribution in [3.05, 3.63) is 48.6 Å². The van der Waals surface area contributed by atoms with Crippen molar-refractivity contribution in [3.63, 3.8) is 0 Å². The first-order valence-corrected chi connectivity index (χ1v) is 5.81. The molecule has 0 aliphatic carbocycles. The van der Waals surface area contributed by atoms with Crippen molar-refractivity contribution >= 4 is 11.3 Å². The molecule has 3 nitrogen and oxygen atoms in total. The average molecular weight is 225 g/mol. The van der Waals surface area contributed by atoms with Gasteiger partial charge in [-0.05, 0) is 12.0 Å². The molecule has 1 atom stereocenters. The lowest BCUT2D eigenvalue weighted by atomic mass is 10.2. The number of nitrogens with zero attached hydrogens (tertiary/aromatic N) is 1. The molecule has 0 radical (unpaired) electrons. The van der Waals surface area contributed by atoms with Crippen LogP contribution in [-0.4, -0.2) is 19.6 Å². The molecule has 0 amide bonds. The maximum absolute atomic E-state index is 11.0. The third-order valence-electron chi connectivity index (χ3n) is 2.01. The zero-order valence-electron chi connectivity index (χ0n) is 8.50. The summed E-state index contributed by atoms with van der Waals surface area (Å²) >= 11 is -1.92. The molecule has 0 fully saturated rings. The van der Waals surface area contributed by atoms with E-state index in [1.54, 1.807) is 6.08 Å². The van der Waals surface area contributed by atoms with Crippen molar-refractivity contribution in [2.75, 3.05) is 6.54 Å². The highest BCUT2D eigenvalue weighted by molar-refractivity contribution is 7.76. The van der Waals surface area contributed by atoms with Crippen LogP contribution in [0.5, 0.6) is 0 Å². The highest BCUT2D eigenvalue weighted by Gasteiger charge is 2.09. The lowest BCUT2D eigenvalue weighted by molar-refractivity contribution is 0.397. The fraction of sp³-hybridized carbons (Fsp3) is 0.273. The predicted octanol–water partition coefficient (Wildman–Crippen LogP) is 2.20. The van der Waals surface area contributed by atoms with Crippen LogP contribution in [0.1, 0.15) is 12.0 Å². The quantitative estimate of drug-likeness (QED) is 0.595. The molecule has 1 unspecified atom stereocenters. The van der Waals surface area contributed by atoms with Crippen LogP contribution in [0.2, 0.25) is 0 Å². The summed E-state index contributed by atoms with van der Waals surface area (Å²) < 4.78 is 21.6. The van der Waals surface area contributed by atoms with Crippen molar-refractivity contribution in [1.29, 1.82) is 0 Å². The molecule has 1 aromatic carbocycles. The summed E-state index contributed by atoms with van der Waals surface area (Å²) in [6.45, 7) is 4.62. The van der Waals surface area contributed by atoms with Crippen molar-refractivity contribution in [2.24, 2.45) is 0 Å². The van der Waals surface area contributed by atoms with Crippen molar-refractivity contribution in [2.45, 2.75) is 13.0 Å². The Hall–Kier alpha value is -0.970. The topological polar surface area (TPSA) is 40.5 Å². The predicted molar refractivity (Wildman–Crippen MR) is 62.4 cm³/mol. The van der Waals surface area contributed by atoms with Crippen molar-refractivity contribution in [1.82, 2.24) is 4.31 Å². The zero-order valence-corrected chi connectivity index (χ0v) is 9.32. The Kier molecular flexibility index (Phi) is 5.25. The van der Waals surface area contributed by atoms with E-state index < -0.39 is 11.3 Å². The Bertz CT molecular complexity index is 327. The molecule has 15 heavy (non-hydrogen) atoms. The number of hydrogen-bond donors (Lipinski definition) is 1. The Morgan fingerprint density at radius 2 is 2.07 bits per heavy atom. The summed E-state index contributed by atoms with van der Waals surface area (Å²) in [6.07, 6.45) is 2.45. The van der Waals surface area contributed by atoms with E-state index in [9.17, 15) is 4.21 Å². The molecule has 0 aromatic heterocycles. The summed E-state index contributed by atoms with van der Waals surface area (Å²) in [7, 11) is 0. The molecule has 4 heteroatoms. The minimum atomic E-state index is -1.92. The Balaban J connectivity index is 2.58. The molecule has 0 aliphatic heterocycles. The van der Waals surface area contributed by atoms with Gasteiger partial charge in [0.2, 0.25) is 11.3 Å². The van der Waals surface area contributed by atoms with E-state index in [1.807, 2.05) is 30.3 Å². The van der Waals surface area contributed by atoms with Crippen LogP contribution in [0.3, 0.4) is 0 Å². The minimum Gasteiger partial charge on any atom is -0.294 e. The second-order valence-electron chi connectivity index (χ2n) is 3.16. The van der Waals surface area contributed by atoms with Gasteiger partial charge in [0.05, 0.1) is 0 Å². The van der Waals surface area contributed by atoms with Gasteiger partial charge >= 0.3 is 0 Å². The second-order valence-corrected chi connectivity index (χ2v) is 4.14. The molecule has 1 N–H and O–H groups in total. The van der Waals surface area contributed by atoms with E-state index in [4.69, 9.17) is 4.55 Å². The smallest absolute Gasteiger partial charge is 0.234 e. The summed E-state index contributed by atoms with van der Waals surface area (Å²) in [5.41, 5.74) is 1.03. The largest absolute Gasteiger partial charge is 0.294 e. The maximum atomic E-state index is 11.0. The molecule has 0 saturated heterocycles. The van der Waals surface area contributed by atoms with Gasteiger partial charge in [-0.3, -0.25) is 4.55 Å². The second kappa shape index (κ2) is 6.50. The van der Waals surface area contributed by atoms with Gasteiger partial charge in [-0.15, -0.1) is 6.58 Å². The first-order chi connectivity index (χ1) is 7.24. The summed E-state index contributed by atoms with van der Waals surface area (Å²) in [6, 6.07) is 9.64. The van der Waals surface area contributed by atoms with Crippen LogP contribution in [0, 0.1) is 0 Å². The molecule has 0 heterocycles. The summed E-state index contributed by atoms with van der Waals surface area (Å²) in [5, 5.41) is 0. The van der Waals surface area contributed by atoms with E-state index in [1.165, 1.54) is 4.31 Å². The van der Waals surface area contributed by atoms with Gasteiger partial charge in [-0.25, -0.2) is 4.21 Å². The van der Waals surface area contributed by atoms with E-state index in [2.05, 4.69) is 6.58 Å². The lowest BCUT2D eigenvalue weighted by Gasteiger charge is -2.16. The van der Waals surface area contributed by atoms with E-state index >= 15 is 0 Å². The fourth-order valence-corrected chi connectivity index (χ4v) is 1.76. The monoisotopic (exact) mass is 225 g/mol. The van der Waals surface area contributed by atoms with Crippen LogP contribution < -0.4 is 0 Å². The highest BCUT2D eigenvalue weighted by atomic mass is 32.2. The first kappa shape index (κ1) is 12.1. The molecular formula is C11H15NO2S. The van der Waals surface area contributed by atoms with Crippen LogP contribution in [0.25, 0.3) is 0 Å². The average Bonchev–Trinajstić information content (AvgIpc) is 2.25.